The molecule has 0 amide bonds. The number of aromatic nitrogens is 2. The smallest absolute Gasteiger partial charge is 0.120 e. The largest absolute Gasteiger partial charge is 0.491 e. The van der Waals surface area contributed by atoms with E-state index in [0.717, 1.165) is 24.4 Å². The quantitative estimate of drug-likeness (QED) is 0.849. The first-order valence-electron chi connectivity index (χ1n) is 7.46. The Balaban J connectivity index is 2.34. The Labute approximate surface area is 130 Å². The average Bonchev–Trinajstić information content (AvgIpc) is 2.92. The van der Waals surface area contributed by atoms with Crippen molar-refractivity contribution in [2.45, 2.75) is 46.3 Å². The minimum Gasteiger partial charge on any atom is -0.491 e. The van der Waals surface area contributed by atoms with Crippen molar-refractivity contribution in [2.24, 2.45) is 0 Å². The highest BCUT2D eigenvalue weighted by atomic mass is 32.1. The lowest BCUT2D eigenvalue weighted by Gasteiger charge is -2.19. The van der Waals surface area contributed by atoms with Crippen molar-refractivity contribution in [3.63, 3.8) is 0 Å². The Morgan fingerprint density at radius 2 is 2.10 bits per heavy atom. The lowest BCUT2D eigenvalue weighted by atomic mass is 10.0. The van der Waals surface area contributed by atoms with Crippen LogP contribution in [0.2, 0.25) is 0 Å². The number of hydrogen-bond acceptors (Lipinski definition) is 5. The van der Waals surface area contributed by atoms with E-state index in [2.05, 4.69) is 40.9 Å². The molecule has 21 heavy (non-hydrogen) atoms. The molecule has 0 bridgehead atoms. The van der Waals surface area contributed by atoms with Gasteiger partial charge < -0.3 is 10.1 Å². The molecule has 0 aliphatic carbocycles. The van der Waals surface area contributed by atoms with Gasteiger partial charge >= 0.3 is 0 Å². The summed E-state index contributed by atoms with van der Waals surface area (Å²) in [5.41, 5.74) is 2.26. The topological polar surface area (TPSA) is 47.0 Å². The SMILES string of the molecule is CCNC(c1cccc(OC(C)C)c1)c1snnc1CC. The molecule has 1 aromatic carbocycles. The molecule has 0 saturated heterocycles. The summed E-state index contributed by atoms with van der Waals surface area (Å²) in [6.07, 6.45) is 1.07. The highest BCUT2D eigenvalue weighted by Crippen LogP contribution is 2.29. The number of aryl methyl sites for hydroxylation is 1. The normalized spacial score (nSPS) is 12.6. The van der Waals surface area contributed by atoms with Crippen LogP contribution in [0.3, 0.4) is 0 Å². The van der Waals surface area contributed by atoms with Gasteiger partial charge in [-0.25, -0.2) is 0 Å². The zero-order chi connectivity index (χ0) is 15.2. The van der Waals surface area contributed by atoms with Crippen LogP contribution in [0.4, 0.5) is 0 Å². The fourth-order valence-corrected chi connectivity index (χ4v) is 3.13. The molecular weight excluding hydrogens is 282 g/mol. The summed E-state index contributed by atoms with van der Waals surface area (Å²) in [5.74, 6) is 0.904. The number of ether oxygens (including phenoxy) is 1. The minimum atomic E-state index is 0.126. The van der Waals surface area contributed by atoms with Gasteiger partial charge in [-0.3, -0.25) is 0 Å². The molecule has 1 heterocycles. The Morgan fingerprint density at radius 1 is 1.29 bits per heavy atom. The zero-order valence-corrected chi connectivity index (χ0v) is 13.9. The molecule has 1 aromatic heterocycles. The van der Waals surface area contributed by atoms with Gasteiger partial charge in [-0.15, -0.1) is 5.10 Å². The predicted molar refractivity (Wildman–Crippen MR) is 87.0 cm³/mol. The lowest BCUT2D eigenvalue weighted by molar-refractivity contribution is 0.242. The molecular formula is C16H23N3OS. The van der Waals surface area contributed by atoms with Crippen LogP contribution in [0.15, 0.2) is 24.3 Å². The highest BCUT2D eigenvalue weighted by molar-refractivity contribution is 7.05. The summed E-state index contributed by atoms with van der Waals surface area (Å²) in [6.45, 7) is 9.19. The molecule has 1 unspecified atom stereocenters. The summed E-state index contributed by atoms with van der Waals surface area (Å²) >= 11 is 1.47. The van der Waals surface area contributed by atoms with Gasteiger partial charge in [0.05, 0.1) is 22.7 Å². The summed E-state index contributed by atoms with van der Waals surface area (Å²) in [7, 11) is 0. The van der Waals surface area contributed by atoms with Gasteiger partial charge in [0, 0.05) is 0 Å². The molecule has 2 aromatic rings. The molecule has 0 aliphatic heterocycles. The second-order valence-corrected chi connectivity index (χ2v) is 5.95. The second kappa shape index (κ2) is 7.52. The first-order chi connectivity index (χ1) is 10.2. The van der Waals surface area contributed by atoms with E-state index in [9.17, 15) is 0 Å². The molecule has 0 radical (unpaired) electrons. The van der Waals surface area contributed by atoms with Crippen molar-refractivity contribution in [3.05, 3.63) is 40.4 Å². The third-order valence-corrected chi connectivity index (χ3v) is 3.98. The van der Waals surface area contributed by atoms with Crippen LogP contribution >= 0.6 is 11.5 Å². The van der Waals surface area contributed by atoms with Crippen molar-refractivity contribution >= 4 is 11.5 Å². The maximum absolute atomic E-state index is 5.80. The van der Waals surface area contributed by atoms with Crippen LogP contribution in [0.25, 0.3) is 0 Å². The molecule has 0 aliphatic rings. The van der Waals surface area contributed by atoms with Gasteiger partial charge in [0.2, 0.25) is 0 Å². The fourth-order valence-electron chi connectivity index (χ4n) is 2.29. The van der Waals surface area contributed by atoms with Crippen LogP contribution in [-0.2, 0) is 6.42 Å². The van der Waals surface area contributed by atoms with Crippen molar-refractivity contribution < 1.29 is 4.74 Å². The average molecular weight is 305 g/mol. The van der Waals surface area contributed by atoms with Crippen LogP contribution < -0.4 is 10.1 Å². The Bertz CT molecular complexity index is 568. The van der Waals surface area contributed by atoms with Crippen molar-refractivity contribution in [2.75, 3.05) is 6.54 Å². The Hall–Kier alpha value is -1.46. The molecule has 0 fully saturated rings. The first kappa shape index (κ1) is 15.9. The summed E-state index contributed by atoms with van der Waals surface area (Å²) < 4.78 is 9.91. The predicted octanol–water partition coefficient (Wildman–Crippen LogP) is 3.59. The third-order valence-electron chi connectivity index (χ3n) is 3.15. The lowest BCUT2D eigenvalue weighted by Crippen LogP contribution is -2.22. The van der Waals surface area contributed by atoms with Gasteiger partial charge in [-0.2, -0.15) is 0 Å². The van der Waals surface area contributed by atoms with Gasteiger partial charge in [-0.05, 0) is 56.0 Å². The summed E-state index contributed by atoms with van der Waals surface area (Å²) in [5, 5.41) is 7.76. The van der Waals surface area contributed by atoms with Gasteiger partial charge in [0.1, 0.15) is 5.75 Å². The minimum absolute atomic E-state index is 0.126. The Kier molecular flexibility index (Phi) is 5.70. The molecule has 114 valence electrons. The fraction of sp³-hybridized carbons (Fsp3) is 0.500. The summed E-state index contributed by atoms with van der Waals surface area (Å²) in [6, 6.07) is 8.39. The van der Waals surface area contributed by atoms with Crippen molar-refractivity contribution in [1.29, 1.82) is 0 Å². The van der Waals surface area contributed by atoms with Gasteiger partial charge in [-0.1, -0.05) is 30.5 Å². The maximum Gasteiger partial charge on any atom is 0.120 e. The van der Waals surface area contributed by atoms with E-state index in [1.54, 1.807) is 0 Å². The van der Waals surface area contributed by atoms with E-state index in [0.29, 0.717) is 0 Å². The number of nitrogens with one attached hydrogen (secondary N) is 1. The molecule has 0 saturated carbocycles. The van der Waals surface area contributed by atoms with E-state index < -0.39 is 0 Å². The van der Waals surface area contributed by atoms with E-state index in [1.807, 2.05) is 26.0 Å². The monoisotopic (exact) mass is 305 g/mol. The van der Waals surface area contributed by atoms with Crippen LogP contribution in [0.1, 0.15) is 49.9 Å². The Morgan fingerprint density at radius 3 is 2.76 bits per heavy atom. The number of rotatable bonds is 7. The van der Waals surface area contributed by atoms with Gasteiger partial charge in [0.25, 0.3) is 0 Å². The van der Waals surface area contributed by atoms with Crippen LogP contribution in [0.5, 0.6) is 5.75 Å². The third kappa shape index (κ3) is 4.02. The van der Waals surface area contributed by atoms with Crippen molar-refractivity contribution in [1.82, 2.24) is 14.9 Å². The molecule has 0 spiro atoms. The molecule has 1 atom stereocenters. The van der Waals surface area contributed by atoms with Gasteiger partial charge in [0.15, 0.2) is 0 Å². The summed E-state index contributed by atoms with van der Waals surface area (Å²) in [4.78, 5) is 1.20. The molecule has 1 N–H and O–H groups in total. The first-order valence-corrected chi connectivity index (χ1v) is 8.24. The standard InChI is InChI=1S/C16H23N3OS/c1-5-14-16(21-19-18-14)15(17-6-2)12-8-7-9-13(10-12)20-11(3)4/h7-11,15,17H,5-6H2,1-4H3. The number of benzene rings is 1. The zero-order valence-electron chi connectivity index (χ0n) is 13.1. The van der Waals surface area contributed by atoms with Crippen molar-refractivity contribution in [3.8, 4) is 5.75 Å². The number of nitrogens with zero attached hydrogens (tertiary/aromatic N) is 2. The van der Waals surface area contributed by atoms with E-state index in [-0.39, 0.29) is 12.1 Å². The molecule has 2 rings (SSSR count). The molecule has 4 nitrogen and oxygen atoms in total. The van der Waals surface area contributed by atoms with E-state index in [1.165, 1.54) is 22.0 Å². The van der Waals surface area contributed by atoms with E-state index >= 15 is 0 Å². The van der Waals surface area contributed by atoms with Crippen LogP contribution in [0, 0.1) is 0 Å². The van der Waals surface area contributed by atoms with E-state index in [4.69, 9.17) is 4.74 Å². The highest BCUT2D eigenvalue weighted by Gasteiger charge is 2.20. The molecule has 5 heteroatoms. The maximum atomic E-state index is 5.80. The second-order valence-electron chi connectivity index (χ2n) is 5.17. The number of hydrogen-bond donors (Lipinski definition) is 1. The van der Waals surface area contributed by atoms with Crippen LogP contribution in [-0.4, -0.2) is 22.2 Å².